The number of nitrogens with zero attached hydrogens (tertiary/aromatic N) is 3. The van der Waals surface area contributed by atoms with E-state index in [2.05, 4.69) is 4.98 Å². The Morgan fingerprint density at radius 1 is 1.48 bits per heavy atom. The molecule has 2 aromatic rings. The van der Waals surface area contributed by atoms with Crippen LogP contribution in [0.15, 0.2) is 24.3 Å². The van der Waals surface area contributed by atoms with Gasteiger partial charge in [-0.25, -0.2) is 4.98 Å². The number of nitro groups is 1. The Hall–Kier alpha value is -2.94. The third-order valence-electron chi connectivity index (χ3n) is 3.36. The maximum Gasteiger partial charge on any atom is 0.270 e. The summed E-state index contributed by atoms with van der Waals surface area (Å²) in [6.07, 6.45) is 0.670. The van der Waals surface area contributed by atoms with E-state index in [1.54, 1.807) is 12.1 Å². The summed E-state index contributed by atoms with van der Waals surface area (Å²) < 4.78 is 0. The SMILES string of the molecule is CCc1nc(N)c(C#N)c(-c2cccc([N+](=O)[O-])c2)c1C. The molecular formula is C15H14N4O2. The fraction of sp³-hybridized carbons (Fsp3) is 0.200. The van der Waals surface area contributed by atoms with Gasteiger partial charge in [0.1, 0.15) is 17.5 Å². The van der Waals surface area contributed by atoms with Gasteiger partial charge < -0.3 is 5.73 Å². The normalized spacial score (nSPS) is 10.1. The van der Waals surface area contributed by atoms with E-state index in [1.165, 1.54) is 12.1 Å². The number of nitriles is 1. The monoisotopic (exact) mass is 282 g/mol. The maximum atomic E-state index is 10.9. The highest BCUT2D eigenvalue weighted by Gasteiger charge is 2.18. The lowest BCUT2D eigenvalue weighted by Gasteiger charge is -2.13. The van der Waals surface area contributed by atoms with Crippen LogP contribution in [-0.2, 0) is 6.42 Å². The van der Waals surface area contributed by atoms with Crippen LogP contribution in [0.4, 0.5) is 11.5 Å². The van der Waals surface area contributed by atoms with Crippen molar-refractivity contribution >= 4 is 11.5 Å². The summed E-state index contributed by atoms with van der Waals surface area (Å²) in [5.41, 5.74) is 8.90. The molecular weight excluding hydrogens is 268 g/mol. The molecule has 106 valence electrons. The Balaban J connectivity index is 2.79. The molecule has 1 heterocycles. The minimum absolute atomic E-state index is 0.0239. The number of hydrogen-bond donors (Lipinski definition) is 1. The molecule has 0 fully saturated rings. The molecule has 0 atom stereocenters. The molecule has 0 saturated carbocycles. The van der Waals surface area contributed by atoms with E-state index in [1.807, 2.05) is 19.9 Å². The van der Waals surface area contributed by atoms with Gasteiger partial charge in [0.2, 0.25) is 0 Å². The second-order valence-corrected chi connectivity index (χ2v) is 4.59. The van der Waals surface area contributed by atoms with Crippen LogP contribution in [0.2, 0.25) is 0 Å². The molecule has 0 aliphatic carbocycles. The number of nitrogen functional groups attached to an aromatic ring is 1. The van der Waals surface area contributed by atoms with Crippen LogP contribution >= 0.6 is 0 Å². The highest BCUT2D eigenvalue weighted by Crippen LogP contribution is 2.33. The smallest absolute Gasteiger partial charge is 0.270 e. The lowest BCUT2D eigenvalue weighted by atomic mass is 9.94. The van der Waals surface area contributed by atoms with Crippen molar-refractivity contribution in [3.63, 3.8) is 0 Å². The van der Waals surface area contributed by atoms with Crippen LogP contribution in [0, 0.1) is 28.4 Å². The topological polar surface area (TPSA) is 106 Å². The van der Waals surface area contributed by atoms with Gasteiger partial charge >= 0.3 is 0 Å². The Kier molecular flexibility index (Phi) is 3.85. The summed E-state index contributed by atoms with van der Waals surface area (Å²) >= 11 is 0. The summed E-state index contributed by atoms with van der Waals surface area (Å²) in [4.78, 5) is 14.7. The van der Waals surface area contributed by atoms with E-state index < -0.39 is 4.92 Å². The van der Waals surface area contributed by atoms with Crippen LogP contribution in [0.3, 0.4) is 0 Å². The summed E-state index contributed by atoms with van der Waals surface area (Å²) in [5.74, 6) is 0.154. The van der Waals surface area contributed by atoms with Gasteiger partial charge in [-0.3, -0.25) is 10.1 Å². The van der Waals surface area contributed by atoms with E-state index in [-0.39, 0.29) is 17.1 Å². The first-order valence-corrected chi connectivity index (χ1v) is 6.43. The Morgan fingerprint density at radius 3 is 2.76 bits per heavy atom. The Morgan fingerprint density at radius 2 is 2.19 bits per heavy atom. The molecule has 6 nitrogen and oxygen atoms in total. The van der Waals surface area contributed by atoms with Crippen molar-refractivity contribution in [1.82, 2.24) is 4.98 Å². The fourth-order valence-electron chi connectivity index (χ4n) is 2.34. The average molecular weight is 282 g/mol. The minimum atomic E-state index is -0.462. The van der Waals surface area contributed by atoms with E-state index >= 15 is 0 Å². The largest absolute Gasteiger partial charge is 0.383 e. The third kappa shape index (κ3) is 2.54. The van der Waals surface area contributed by atoms with Gasteiger partial charge in [0.15, 0.2) is 0 Å². The molecule has 0 spiro atoms. The minimum Gasteiger partial charge on any atom is -0.383 e. The molecule has 0 radical (unpaired) electrons. The molecule has 1 aromatic carbocycles. The van der Waals surface area contributed by atoms with Crippen molar-refractivity contribution in [2.75, 3.05) is 5.73 Å². The van der Waals surface area contributed by atoms with Crippen molar-refractivity contribution < 1.29 is 4.92 Å². The third-order valence-corrected chi connectivity index (χ3v) is 3.36. The molecule has 0 amide bonds. The average Bonchev–Trinajstić information content (AvgIpc) is 2.48. The second kappa shape index (κ2) is 5.59. The van der Waals surface area contributed by atoms with Gasteiger partial charge in [-0.2, -0.15) is 5.26 Å². The zero-order valence-corrected chi connectivity index (χ0v) is 11.8. The molecule has 1 aromatic heterocycles. The van der Waals surface area contributed by atoms with E-state index in [4.69, 9.17) is 5.73 Å². The van der Waals surface area contributed by atoms with Crippen molar-refractivity contribution in [2.45, 2.75) is 20.3 Å². The first-order valence-electron chi connectivity index (χ1n) is 6.43. The first kappa shape index (κ1) is 14.5. The molecule has 21 heavy (non-hydrogen) atoms. The molecule has 0 aliphatic heterocycles. The number of aromatic nitrogens is 1. The molecule has 0 saturated heterocycles. The number of hydrogen-bond acceptors (Lipinski definition) is 5. The first-order chi connectivity index (χ1) is 9.99. The highest BCUT2D eigenvalue weighted by molar-refractivity contribution is 5.79. The fourth-order valence-corrected chi connectivity index (χ4v) is 2.34. The molecule has 0 bridgehead atoms. The highest BCUT2D eigenvalue weighted by atomic mass is 16.6. The van der Waals surface area contributed by atoms with Gasteiger partial charge in [0.05, 0.1) is 4.92 Å². The predicted octanol–water partition coefficient (Wildman–Crippen LogP) is 2.98. The van der Waals surface area contributed by atoms with Gasteiger partial charge in [0.25, 0.3) is 5.69 Å². The van der Waals surface area contributed by atoms with Crippen molar-refractivity contribution in [3.8, 4) is 17.2 Å². The number of benzene rings is 1. The van der Waals surface area contributed by atoms with E-state index in [0.29, 0.717) is 17.5 Å². The second-order valence-electron chi connectivity index (χ2n) is 4.59. The van der Waals surface area contributed by atoms with E-state index in [0.717, 1.165) is 11.3 Å². The predicted molar refractivity (Wildman–Crippen MR) is 79.6 cm³/mol. The number of nitro benzene ring substituents is 1. The number of nitrogens with two attached hydrogens (primary N) is 1. The number of non-ortho nitro benzene ring substituents is 1. The number of rotatable bonds is 3. The maximum absolute atomic E-state index is 10.9. The van der Waals surface area contributed by atoms with E-state index in [9.17, 15) is 15.4 Å². The van der Waals surface area contributed by atoms with Crippen LogP contribution in [-0.4, -0.2) is 9.91 Å². The summed E-state index contributed by atoms with van der Waals surface area (Å²) in [7, 11) is 0. The van der Waals surface area contributed by atoms with Crippen LogP contribution in [0.25, 0.3) is 11.1 Å². The summed E-state index contributed by atoms with van der Waals surface area (Å²) in [6, 6.07) is 8.23. The van der Waals surface area contributed by atoms with Gasteiger partial charge in [0, 0.05) is 23.4 Å². The summed E-state index contributed by atoms with van der Waals surface area (Å²) in [6.45, 7) is 3.79. The zero-order chi connectivity index (χ0) is 15.6. The number of aryl methyl sites for hydroxylation is 1. The van der Waals surface area contributed by atoms with Crippen molar-refractivity contribution in [2.24, 2.45) is 0 Å². The molecule has 2 rings (SSSR count). The number of pyridine rings is 1. The van der Waals surface area contributed by atoms with Gasteiger partial charge in [-0.15, -0.1) is 0 Å². The lowest BCUT2D eigenvalue weighted by molar-refractivity contribution is -0.384. The van der Waals surface area contributed by atoms with Crippen LogP contribution in [0.5, 0.6) is 0 Å². The molecule has 2 N–H and O–H groups in total. The van der Waals surface area contributed by atoms with Crippen LogP contribution < -0.4 is 5.73 Å². The van der Waals surface area contributed by atoms with Crippen molar-refractivity contribution in [1.29, 1.82) is 5.26 Å². The number of anilines is 1. The standard InChI is InChI=1S/C15H14N4O2/c1-3-13-9(2)14(12(8-16)15(17)18-13)10-5-4-6-11(7-10)19(20)21/h4-7H,3H2,1-2H3,(H2,17,18). The Labute approximate surface area is 122 Å². The quantitative estimate of drug-likeness (QED) is 0.688. The van der Waals surface area contributed by atoms with Crippen molar-refractivity contribution in [3.05, 3.63) is 51.2 Å². The molecule has 6 heteroatoms. The Bertz CT molecular complexity index is 762. The van der Waals surface area contributed by atoms with Gasteiger partial charge in [-0.1, -0.05) is 19.1 Å². The zero-order valence-electron chi connectivity index (χ0n) is 11.8. The molecule has 0 unspecified atom stereocenters. The summed E-state index contributed by atoms with van der Waals surface area (Å²) in [5, 5.41) is 20.2. The lowest BCUT2D eigenvalue weighted by Crippen LogP contribution is -2.05. The van der Waals surface area contributed by atoms with Gasteiger partial charge in [-0.05, 0) is 24.5 Å². The molecule has 0 aliphatic rings. The van der Waals surface area contributed by atoms with Crippen LogP contribution in [0.1, 0.15) is 23.7 Å².